The molecule has 2 N–H and O–H groups in total. The maximum absolute atomic E-state index is 14.0. The number of benzene rings is 1. The Morgan fingerprint density at radius 1 is 1.19 bits per heavy atom. The predicted molar refractivity (Wildman–Crippen MR) is 127 cm³/mol. The van der Waals surface area contributed by atoms with Gasteiger partial charge in [-0.05, 0) is 62.7 Å². The molecule has 3 aromatic rings. The average molecular weight is 526 g/mol. The van der Waals surface area contributed by atoms with Crippen molar-refractivity contribution in [1.82, 2.24) is 19.9 Å². The first-order chi connectivity index (χ1) is 17.0. The number of nitrogens with zero attached hydrogens (tertiary/aromatic N) is 4. The topological polar surface area (TPSA) is 91.2 Å². The van der Waals surface area contributed by atoms with Crippen molar-refractivity contribution in [2.45, 2.75) is 25.6 Å². The summed E-state index contributed by atoms with van der Waals surface area (Å²) in [7, 11) is 2.07. The van der Waals surface area contributed by atoms with Crippen LogP contribution in [-0.4, -0.2) is 57.2 Å². The summed E-state index contributed by atoms with van der Waals surface area (Å²) in [6.07, 6.45) is -2.31. The van der Waals surface area contributed by atoms with Crippen molar-refractivity contribution in [2.75, 3.05) is 25.5 Å². The molecule has 0 amide bonds. The molecular weight excluding hydrogens is 502 g/mol. The molecule has 3 heterocycles. The lowest BCUT2D eigenvalue weighted by molar-refractivity contribution is -0.192. The van der Waals surface area contributed by atoms with Gasteiger partial charge in [-0.25, -0.2) is 19.2 Å². The minimum absolute atomic E-state index is 0.132. The van der Waals surface area contributed by atoms with Crippen LogP contribution >= 0.6 is 11.6 Å². The van der Waals surface area contributed by atoms with E-state index in [1.807, 2.05) is 37.3 Å². The molecule has 1 aromatic carbocycles. The second-order valence-electron chi connectivity index (χ2n) is 8.23. The van der Waals surface area contributed by atoms with E-state index in [1.165, 1.54) is 0 Å². The zero-order valence-electron chi connectivity index (χ0n) is 19.4. The molecule has 0 radical (unpaired) electrons. The zero-order chi connectivity index (χ0) is 26.5. The Balaban J connectivity index is 0.000000454. The van der Waals surface area contributed by atoms with Crippen molar-refractivity contribution in [3.05, 3.63) is 70.9 Å². The maximum Gasteiger partial charge on any atom is 0.490 e. The molecule has 12 heteroatoms. The molecule has 1 aliphatic rings. The van der Waals surface area contributed by atoms with Gasteiger partial charge >= 0.3 is 12.1 Å². The van der Waals surface area contributed by atoms with E-state index in [0.29, 0.717) is 11.7 Å². The number of nitrogens with one attached hydrogen (secondary N) is 1. The third-order valence-electron chi connectivity index (χ3n) is 5.61. The van der Waals surface area contributed by atoms with Crippen LogP contribution in [0.5, 0.6) is 0 Å². The lowest BCUT2D eigenvalue weighted by Crippen LogP contribution is -2.25. The number of carbonyl (C=O) groups is 1. The minimum atomic E-state index is -5.08. The van der Waals surface area contributed by atoms with E-state index in [2.05, 4.69) is 32.2 Å². The van der Waals surface area contributed by atoms with Gasteiger partial charge < -0.3 is 10.4 Å². The predicted octanol–water partition coefficient (Wildman–Crippen LogP) is 5.38. The lowest BCUT2D eigenvalue weighted by atomic mass is 9.93. The van der Waals surface area contributed by atoms with Gasteiger partial charge in [0.05, 0.1) is 16.4 Å². The molecule has 1 saturated heterocycles. The summed E-state index contributed by atoms with van der Waals surface area (Å²) in [5.74, 6) is -1.34. The van der Waals surface area contributed by atoms with Crippen LogP contribution in [0.2, 0.25) is 5.02 Å². The molecule has 0 bridgehead atoms. The molecule has 4 rings (SSSR count). The highest BCUT2D eigenvalue weighted by atomic mass is 35.5. The Kier molecular flexibility index (Phi) is 8.80. The number of hydrogen-bond donors (Lipinski definition) is 2. The SMILES string of the molecule is Cc1nc(NCC2CCN(C)C2c2ccc(Cl)c(F)c2)cc(-c2ccccn2)n1.O=C(O)C(F)(F)F. The number of pyridine rings is 1. The molecule has 7 nitrogen and oxygen atoms in total. The van der Waals surface area contributed by atoms with E-state index in [-0.39, 0.29) is 16.9 Å². The molecule has 192 valence electrons. The van der Waals surface area contributed by atoms with Crippen LogP contribution < -0.4 is 5.32 Å². The van der Waals surface area contributed by atoms with Crippen molar-refractivity contribution in [3.63, 3.8) is 0 Å². The number of likely N-dealkylation sites (tertiary alicyclic amines) is 1. The van der Waals surface area contributed by atoms with Crippen LogP contribution in [0, 0.1) is 18.7 Å². The number of alkyl halides is 3. The molecule has 2 atom stereocenters. The molecule has 2 unspecified atom stereocenters. The zero-order valence-corrected chi connectivity index (χ0v) is 20.2. The lowest BCUT2D eigenvalue weighted by Gasteiger charge is -2.26. The van der Waals surface area contributed by atoms with Crippen LogP contribution in [0.1, 0.15) is 23.9 Å². The second kappa shape index (κ2) is 11.6. The van der Waals surface area contributed by atoms with Gasteiger partial charge in [-0.3, -0.25) is 9.88 Å². The van der Waals surface area contributed by atoms with Gasteiger partial charge in [0.2, 0.25) is 0 Å². The highest BCUT2D eigenvalue weighted by molar-refractivity contribution is 6.30. The van der Waals surface area contributed by atoms with E-state index in [1.54, 1.807) is 18.3 Å². The van der Waals surface area contributed by atoms with Crippen molar-refractivity contribution in [3.8, 4) is 11.4 Å². The largest absolute Gasteiger partial charge is 0.490 e. The summed E-state index contributed by atoms with van der Waals surface area (Å²) in [6.45, 7) is 3.57. The Morgan fingerprint density at radius 3 is 2.53 bits per heavy atom. The standard InChI is InChI=1S/C22H23ClFN5.C2HF3O2/c1-14-27-20(19-5-3-4-9-25-19)12-21(28-14)26-13-16-8-10-29(2)22(16)15-6-7-17(23)18(24)11-15;3-2(4,5)1(6)7/h3-7,9,11-12,16,22H,8,10,13H2,1-2H3,(H,26,27,28);(H,6,7). The number of aryl methyl sites for hydroxylation is 1. The summed E-state index contributed by atoms with van der Waals surface area (Å²) in [5.41, 5.74) is 2.56. The van der Waals surface area contributed by atoms with Crippen LogP contribution in [0.25, 0.3) is 11.4 Å². The second-order valence-corrected chi connectivity index (χ2v) is 8.64. The maximum atomic E-state index is 14.0. The van der Waals surface area contributed by atoms with Crippen LogP contribution in [0.4, 0.5) is 23.4 Å². The molecule has 0 spiro atoms. The van der Waals surface area contributed by atoms with Crippen molar-refractivity contribution in [2.24, 2.45) is 5.92 Å². The first kappa shape index (κ1) is 27.3. The van der Waals surface area contributed by atoms with Gasteiger partial charge in [-0.1, -0.05) is 23.7 Å². The molecule has 1 aliphatic heterocycles. The van der Waals surface area contributed by atoms with E-state index in [0.717, 1.165) is 42.3 Å². The van der Waals surface area contributed by atoms with Gasteiger partial charge in [-0.15, -0.1) is 0 Å². The number of carboxylic acids is 1. The fourth-order valence-electron chi connectivity index (χ4n) is 4.00. The first-order valence-corrected chi connectivity index (χ1v) is 11.3. The van der Waals surface area contributed by atoms with E-state index in [4.69, 9.17) is 21.5 Å². The van der Waals surface area contributed by atoms with E-state index >= 15 is 0 Å². The van der Waals surface area contributed by atoms with Gasteiger partial charge in [0.15, 0.2) is 0 Å². The number of aliphatic carboxylic acids is 1. The number of aromatic nitrogens is 3. The number of carboxylic acid groups (broad SMARTS) is 1. The smallest absolute Gasteiger partial charge is 0.475 e. The van der Waals surface area contributed by atoms with Crippen molar-refractivity contribution < 1.29 is 27.5 Å². The number of rotatable bonds is 5. The summed E-state index contributed by atoms with van der Waals surface area (Å²) >= 11 is 5.86. The van der Waals surface area contributed by atoms with Crippen molar-refractivity contribution >= 4 is 23.4 Å². The quantitative estimate of drug-likeness (QED) is 0.432. The average Bonchev–Trinajstić information content (AvgIpc) is 3.20. The van der Waals surface area contributed by atoms with E-state index < -0.39 is 12.1 Å². The van der Waals surface area contributed by atoms with Gasteiger partial charge in [0, 0.05) is 24.8 Å². The Morgan fingerprint density at radius 2 is 1.92 bits per heavy atom. The molecule has 1 fully saturated rings. The summed E-state index contributed by atoms with van der Waals surface area (Å²) < 4.78 is 45.7. The van der Waals surface area contributed by atoms with Gasteiger partial charge in [-0.2, -0.15) is 13.2 Å². The molecule has 0 aliphatic carbocycles. The van der Waals surface area contributed by atoms with Crippen LogP contribution in [0.15, 0.2) is 48.7 Å². The van der Waals surface area contributed by atoms with Gasteiger partial charge in [0.1, 0.15) is 17.5 Å². The third kappa shape index (κ3) is 7.11. The Hall–Kier alpha value is -3.31. The Labute approximate surface area is 210 Å². The number of anilines is 1. The van der Waals surface area contributed by atoms with Crippen LogP contribution in [-0.2, 0) is 4.79 Å². The van der Waals surface area contributed by atoms with E-state index in [9.17, 15) is 17.6 Å². The number of hydrogen-bond acceptors (Lipinski definition) is 6. The number of halogens is 5. The normalized spacial score (nSPS) is 17.9. The molecular formula is C24H24ClF4N5O2. The Bertz CT molecular complexity index is 1200. The highest BCUT2D eigenvalue weighted by Crippen LogP contribution is 2.37. The van der Waals surface area contributed by atoms with Crippen LogP contribution in [0.3, 0.4) is 0 Å². The molecule has 2 aromatic heterocycles. The minimum Gasteiger partial charge on any atom is -0.475 e. The monoisotopic (exact) mass is 525 g/mol. The van der Waals surface area contributed by atoms with Gasteiger partial charge in [0.25, 0.3) is 0 Å². The summed E-state index contributed by atoms with van der Waals surface area (Å²) in [5, 5.41) is 10.7. The third-order valence-corrected chi connectivity index (χ3v) is 5.92. The van der Waals surface area contributed by atoms with Crippen molar-refractivity contribution in [1.29, 1.82) is 0 Å². The fourth-order valence-corrected chi connectivity index (χ4v) is 4.12. The fraction of sp³-hybridized carbons (Fsp3) is 0.333. The molecule has 36 heavy (non-hydrogen) atoms. The summed E-state index contributed by atoms with van der Waals surface area (Å²) in [4.78, 5) is 24.6. The highest BCUT2D eigenvalue weighted by Gasteiger charge is 2.38. The summed E-state index contributed by atoms with van der Waals surface area (Å²) in [6, 6.07) is 12.9. The molecule has 0 saturated carbocycles. The first-order valence-electron chi connectivity index (χ1n) is 10.9.